The average molecular weight is 352 g/mol. The molecule has 0 aromatic heterocycles. The fraction of sp³-hybridized carbons (Fsp3) is 0.500. The molecule has 0 aliphatic carbocycles. The molecule has 2 aliphatic heterocycles. The van der Waals surface area contributed by atoms with E-state index in [4.69, 9.17) is 10.5 Å². The van der Waals surface area contributed by atoms with Gasteiger partial charge in [-0.15, -0.1) is 0 Å². The smallest absolute Gasteiger partial charge is 0.103 e. The molecular weight excluding hydrogens is 330 g/mol. The number of halogens is 1. The Morgan fingerprint density at radius 2 is 2.05 bits per heavy atom. The molecule has 1 aromatic rings. The second-order valence-electron chi connectivity index (χ2n) is 5.55. The van der Waals surface area contributed by atoms with E-state index in [2.05, 4.69) is 50.1 Å². The van der Waals surface area contributed by atoms with Crippen molar-refractivity contribution in [1.29, 1.82) is 0 Å². The SMILES string of the molecule is NC1c2cccc(Br)c2C=CN1CCCN1CCOCC1. The van der Waals surface area contributed by atoms with Crippen LogP contribution in [0.15, 0.2) is 28.9 Å². The maximum Gasteiger partial charge on any atom is 0.103 e. The second kappa shape index (κ2) is 6.92. The third kappa shape index (κ3) is 3.48. The van der Waals surface area contributed by atoms with Crippen molar-refractivity contribution in [3.8, 4) is 0 Å². The molecule has 1 aromatic carbocycles. The Kier molecular flexibility index (Phi) is 4.95. The molecule has 0 amide bonds. The monoisotopic (exact) mass is 351 g/mol. The molecule has 5 heteroatoms. The first-order valence-corrected chi connectivity index (χ1v) is 8.33. The minimum absolute atomic E-state index is 0.0489. The molecule has 2 N–H and O–H groups in total. The zero-order valence-corrected chi connectivity index (χ0v) is 13.8. The fourth-order valence-electron chi connectivity index (χ4n) is 2.94. The molecular formula is C16H22BrN3O. The molecule has 4 nitrogen and oxygen atoms in total. The van der Waals surface area contributed by atoms with Crippen molar-refractivity contribution in [2.24, 2.45) is 5.73 Å². The van der Waals surface area contributed by atoms with Gasteiger partial charge in [-0.3, -0.25) is 4.90 Å². The van der Waals surface area contributed by atoms with Crippen molar-refractivity contribution in [2.75, 3.05) is 39.4 Å². The van der Waals surface area contributed by atoms with E-state index in [0.29, 0.717) is 0 Å². The largest absolute Gasteiger partial charge is 0.379 e. The van der Waals surface area contributed by atoms with Crippen LogP contribution >= 0.6 is 15.9 Å². The summed E-state index contributed by atoms with van der Waals surface area (Å²) in [5.74, 6) is 0. The summed E-state index contributed by atoms with van der Waals surface area (Å²) in [6.07, 6.45) is 5.35. The Balaban J connectivity index is 1.56. The molecule has 0 spiro atoms. The number of hydrogen-bond donors (Lipinski definition) is 1. The van der Waals surface area contributed by atoms with Crippen LogP contribution in [0.3, 0.4) is 0 Å². The van der Waals surface area contributed by atoms with Crippen molar-refractivity contribution in [3.05, 3.63) is 40.0 Å². The molecule has 2 aliphatic rings. The van der Waals surface area contributed by atoms with Crippen LogP contribution in [0.5, 0.6) is 0 Å². The number of rotatable bonds is 4. The van der Waals surface area contributed by atoms with Crippen LogP contribution in [0.2, 0.25) is 0 Å². The van der Waals surface area contributed by atoms with Crippen molar-refractivity contribution in [3.63, 3.8) is 0 Å². The predicted octanol–water partition coefficient (Wildman–Crippen LogP) is 2.42. The number of benzene rings is 1. The lowest BCUT2D eigenvalue weighted by molar-refractivity contribution is 0.0362. The topological polar surface area (TPSA) is 41.7 Å². The predicted molar refractivity (Wildman–Crippen MR) is 88.7 cm³/mol. The summed E-state index contributed by atoms with van der Waals surface area (Å²) in [5.41, 5.74) is 8.79. The van der Waals surface area contributed by atoms with Crippen LogP contribution in [0.25, 0.3) is 6.08 Å². The van der Waals surface area contributed by atoms with Gasteiger partial charge in [-0.25, -0.2) is 0 Å². The van der Waals surface area contributed by atoms with Gasteiger partial charge < -0.3 is 15.4 Å². The van der Waals surface area contributed by atoms with E-state index in [9.17, 15) is 0 Å². The number of nitrogens with zero attached hydrogens (tertiary/aromatic N) is 2. The number of ether oxygens (including phenoxy) is 1. The first-order chi connectivity index (χ1) is 10.3. The Labute approximate surface area is 134 Å². The summed E-state index contributed by atoms with van der Waals surface area (Å²) in [5, 5.41) is 0. The van der Waals surface area contributed by atoms with Gasteiger partial charge in [-0.05, 0) is 29.7 Å². The van der Waals surface area contributed by atoms with Crippen LogP contribution < -0.4 is 5.73 Å². The summed E-state index contributed by atoms with van der Waals surface area (Å²) < 4.78 is 6.49. The van der Waals surface area contributed by atoms with E-state index in [0.717, 1.165) is 50.3 Å². The number of fused-ring (bicyclic) bond motifs is 1. The van der Waals surface area contributed by atoms with Crippen LogP contribution in [-0.4, -0.2) is 49.2 Å². The quantitative estimate of drug-likeness (QED) is 0.904. The Hall–Kier alpha value is -0.880. The highest BCUT2D eigenvalue weighted by Gasteiger charge is 2.21. The van der Waals surface area contributed by atoms with E-state index < -0.39 is 0 Å². The molecule has 21 heavy (non-hydrogen) atoms. The zero-order chi connectivity index (χ0) is 14.7. The van der Waals surface area contributed by atoms with Gasteiger partial charge in [-0.2, -0.15) is 0 Å². The summed E-state index contributed by atoms with van der Waals surface area (Å²) in [4.78, 5) is 4.70. The van der Waals surface area contributed by atoms with Crippen molar-refractivity contribution in [1.82, 2.24) is 9.80 Å². The third-order valence-electron chi connectivity index (χ3n) is 4.19. The minimum atomic E-state index is -0.0489. The van der Waals surface area contributed by atoms with E-state index >= 15 is 0 Å². The molecule has 1 atom stereocenters. The molecule has 2 heterocycles. The lowest BCUT2D eigenvalue weighted by Gasteiger charge is -2.33. The number of morpholine rings is 1. The number of hydrogen-bond acceptors (Lipinski definition) is 4. The minimum Gasteiger partial charge on any atom is -0.379 e. The van der Waals surface area contributed by atoms with Crippen LogP contribution in [-0.2, 0) is 4.74 Å². The van der Waals surface area contributed by atoms with Gasteiger partial charge >= 0.3 is 0 Å². The van der Waals surface area contributed by atoms with Crippen LogP contribution in [0.4, 0.5) is 0 Å². The molecule has 0 bridgehead atoms. The molecule has 1 fully saturated rings. The van der Waals surface area contributed by atoms with Crippen molar-refractivity contribution < 1.29 is 4.74 Å². The van der Waals surface area contributed by atoms with Gasteiger partial charge in [0.2, 0.25) is 0 Å². The maximum absolute atomic E-state index is 6.40. The van der Waals surface area contributed by atoms with Gasteiger partial charge in [0.05, 0.1) is 13.2 Å². The third-order valence-corrected chi connectivity index (χ3v) is 4.88. The molecule has 3 rings (SSSR count). The highest BCUT2D eigenvalue weighted by molar-refractivity contribution is 9.10. The van der Waals surface area contributed by atoms with E-state index in [1.807, 2.05) is 6.07 Å². The Morgan fingerprint density at radius 1 is 1.24 bits per heavy atom. The molecule has 0 radical (unpaired) electrons. The molecule has 114 valence electrons. The van der Waals surface area contributed by atoms with Crippen molar-refractivity contribution >= 4 is 22.0 Å². The van der Waals surface area contributed by atoms with E-state index in [-0.39, 0.29) is 6.17 Å². The number of nitrogens with two attached hydrogens (primary N) is 1. The standard InChI is InChI=1S/C16H22BrN3O/c17-15-4-1-3-14-13(15)5-8-20(16(14)18)7-2-6-19-9-11-21-12-10-19/h1,3-5,8,16H,2,6-7,9-12,18H2. The van der Waals surface area contributed by atoms with Gasteiger partial charge in [0, 0.05) is 36.9 Å². The highest BCUT2D eigenvalue weighted by Crippen LogP contribution is 2.31. The second-order valence-corrected chi connectivity index (χ2v) is 6.40. The van der Waals surface area contributed by atoms with Crippen molar-refractivity contribution in [2.45, 2.75) is 12.6 Å². The first kappa shape index (κ1) is 15.0. The van der Waals surface area contributed by atoms with Crippen LogP contribution in [0, 0.1) is 0 Å². The van der Waals surface area contributed by atoms with E-state index in [1.165, 1.54) is 11.1 Å². The van der Waals surface area contributed by atoms with Gasteiger partial charge in [0.25, 0.3) is 0 Å². The molecule has 0 saturated carbocycles. The average Bonchev–Trinajstić information content (AvgIpc) is 2.51. The summed E-state index contributed by atoms with van der Waals surface area (Å²) in [6.45, 7) is 5.94. The summed E-state index contributed by atoms with van der Waals surface area (Å²) >= 11 is 3.59. The maximum atomic E-state index is 6.40. The zero-order valence-electron chi connectivity index (χ0n) is 12.2. The summed E-state index contributed by atoms with van der Waals surface area (Å²) in [6, 6.07) is 6.22. The van der Waals surface area contributed by atoms with Crippen LogP contribution in [0.1, 0.15) is 23.7 Å². The molecule has 1 unspecified atom stereocenters. The Bertz CT molecular complexity index is 514. The normalized spacial score (nSPS) is 22.4. The lowest BCUT2D eigenvalue weighted by Crippen LogP contribution is -2.39. The first-order valence-electron chi connectivity index (χ1n) is 7.54. The lowest BCUT2D eigenvalue weighted by atomic mass is 10.0. The fourth-order valence-corrected chi connectivity index (χ4v) is 3.46. The summed E-state index contributed by atoms with van der Waals surface area (Å²) in [7, 11) is 0. The van der Waals surface area contributed by atoms with Gasteiger partial charge in [0.1, 0.15) is 6.17 Å². The van der Waals surface area contributed by atoms with Gasteiger partial charge in [0.15, 0.2) is 0 Å². The van der Waals surface area contributed by atoms with Gasteiger partial charge in [-0.1, -0.05) is 28.1 Å². The Morgan fingerprint density at radius 3 is 2.86 bits per heavy atom. The highest BCUT2D eigenvalue weighted by atomic mass is 79.9. The van der Waals surface area contributed by atoms with E-state index in [1.54, 1.807) is 0 Å². The molecule has 1 saturated heterocycles.